The second-order valence-corrected chi connectivity index (χ2v) is 5.70. The van der Waals surface area contributed by atoms with Gasteiger partial charge in [-0.3, -0.25) is 0 Å². The van der Waals surface area contributed by atoms with Crippen LogP contribution in [0.3, 0.4) is 0 Å². The van der Waals surface area contributed by atoms with Crippen LogP contribution in [-0.2, 0) is 16.8 Å². The summed E-state index contributed by atoms with van der Waals surface area (Å²) in [5.41, 5.74) is 0.586. The molecule has 20 heavy (non-hydrogen) atoms. The van der Waals surface area contributed by atoms with Crippen LogP contribution in [0, 0.1) is 5.82 Å². The molecule has 106 valence electrons. The van der Waals surface area contributed by atoms with E-state index in [0.717, 1.165) is 12.1 Å². The third-order valence-corrected chi connectivity index (χ3v) is 3.58. The standard InChI is InChI=1S/C13H9ClF2O3S/c14-12-7-11(20(16,17)18)4-5-13(12)19-8-9-2-1-3-10(15)6-9/h1-7H,8H2. The van der Waals surface area contributed by atoms with E-state index in [0.29, 0.717) is 5.56 Å². The van der Waals surface area contributed by atoms with E-state index in [-0.39, 0.29) is 17.4 Å². The third-order valence-electron chi connectivity index (χ3n) is 2.47. The molecule has 0 atom stereocenters. The number of ether oxygens (including phenoxy) is 1. The fourth-order valence-electron chi connectivity index (χ4n) is 1.54. The van der Waals surface area contributed by atoms with E-state index >= 15 is 0 Å². The molecule has 0 bridgehead atoms. The molecule has 3 nitrogen and oxygen atoms in total. The van der Waals surface area contributed by atoms with Crippen LogP contribution in [0.1, 0.15) is 5.56 Å². The summed E-state index contributed by atoms with van der Waals surface area (Å²) in [5, 5.41) is -0.0415. The summed E-state index contributed by atoms with van der Waals surface area (Å²) in [6.07, 6.45) is 0. The van der Waals surface area contributed by atoms with Gasteiger partial charge in [0.05, 0.1) is 5.02 Å². The lowest BCUT2D eigenvalue weighted by molar-refractivity contribution is 0.305. The van der Waals surface area contributed by atoms with Crippen LogP contribution < -0.4 is 4.74 Å². The number of halogens is 3. The monoisotopic (exact) mass is 318 g/mol. The van der Waals surface area contributed by atoms with E-state index in [1.54, 1.807) is 6.07 Å². The molecular weight excluding hydrogens is 310 g/mol. The topological polar surface area (TPSA) is 43.4 Å². The van der Waals surface area contributed by atoms with Gasteiger partial charge in [-0.2, -0.15) is 8.42 Å². The zero-order chi connectivity index (χ0) is 14.8. The Kier molecular flexibility index (Phi) is 4.25. The predicted octanol–water partition coefficient (Wildman–Crippen LogP) is 3.72. The maximum atomic E-state index is 13.0. The average molecular weight is 319 g/mol. The molecule has 0 aliphatic carbocycles. The van der Waals surface area contributed by atoms with E-state index < -0.39 is 20.9 Å². The van der Waals surface area contributed by atoms with Crippen LogP contribution in [0.4, 0.5) is 8.28 Å². The van der Waals surface area contributed by atoms with Gasteiger partial charge in [-0.1, -0.05) is 23.7 Å². The smallest absolute Gasteiger partial charge is 0.332 e. The van der Waals surface area contributed by atoms with Crippen molar-refractivity contribution >= 4 is 21.8 Å². The van der Waals surface area contributed by atoms with Crippen molar-refractivity contribution in [2.24, 2.45) is 0 Å². The lowest BCUT2D eigenvalue weighted by Crippen LogP contribution is -1.98. The molecule has 0 heterocycles. The van der Waals surface area contributed by atoms with Gasteiger partial charge in [-0.15, -0.1) is 3.89 Å². The number of hydrogen-bond donors (Lipinski definition) is 0. The van der Waals surface area contributed by atoms with Gasteiger partial charge in [-0.05, 0) is 35.9 Å². The molecule has 2 aromatic rings. The molecule has 0 aliphatic heterocycles. The fourth-order valence-corrected chi connectivity index (χ4v) is 2.33. The second-order valence-electron chi connectivity index (χ2n) is 3.95. The van der Waals surface area contributed by atoms with E-state index in [2.05, 4.69) is 0 Å². The largest absolute Gasteiger partial charge is 0.487 e. The van der Waals surface area contributed by atoms with Crippen molar-refractivity contribution in [2.45, 2.75) is 11.5 Å². The van der Waals surface area contributed by atoms with Crippen LogP contribution in [0.2, 0.25) is 5.02 Å². The van der Waals surface area contributed by atoms with Gasteiger partial charge in [0.1, 0.15) is 23.1 Å². The lowest BCUT2D eigenvalue weighted by atomic mass is 10.2. The minimum Gasteiger partial charge on any atom is -0.487 e. The van der Waals surface area contributed by atoms with E-state index in [1.807, 2.05) is 0 Å². The SMILES string of the molecule is O=S(=O)(F)c1ccc(OCc2cccc(F)c2)c(Cl)c1. The van der Waals surface area contributed by atoms with E-state index in [9.17, 15) is 16.7 Å². The van der Waals surface area contributed by atoms with Crippen molar-refractivity contribution in [3.63, 3.8) is 0 Å². The first kappa shape index (κ1) is 14.7. The molecular formula is C13H9ClF2O3S. The molecule has 7 heteroatoms. The number of benzene rings is 2. The summed E-state index contributed by atoms with van der Waals surface area (Å²) in [7, 11) is -4.80. The maximum Gasteiger partial charge on any atom is 0.332 e. The van der Waals surface area contributed by atoms with E-state index in [1.165, 1.54) is 24.3 Å². The Balaban J connectivity index is 2.15. The van der Waals surface area contributed by atoms with Crippen molar-refractivity contribution in [3.05, 3.63) is 58.9 Å². The van der Waals surface area contributed by atoms with Crippen molar-refractivity contribution in [1.29, 1.82) is 0 Å². The van der Waals surface area contributed by atoms with Gasteiger partial charge < -0.3 is 4.74 Å². The molecule has 0 saturated carbocycles. The minimum absolute atomic E-state index is 0.0415. The van der Waals surface area contributed by atoms with Crippen LogP contribution in [0.15, 0.2) is 47.4 Å². The molecule has 0 fully saturated rings. The van der Waals surface area contributed by atoms with Gasteiger partial charge in [0.2, 0.25) is 0 Å². The quantitative estimate of drug-likeness (QED) is 0.807. The highest BCUT2D eigenvalue weighted by molar-refractivity contribution is 7.86. The van der Waals surface area contributed by atoms with Gasteiger partial charge in [0.15, 0.2) is 0 Å². The van der Waals surface area contributed by atoms with Gasteiger partial charge in [0.25, 0.3) is 0 Å². The predicted molar refractivity (Wildman–Crippen MR) is 70.5 cm³/mol. The summed E-state index contributed by atoms with van der Waals surface area (Å²) in [6, 6.07) is 9.05. The molecule has 0 spiro atoms. The Hall–Kier alpha value is -1.66. The number of rotatable bonds is 4. The molecule has 2 rings (SSSR count). The van der Waals surface area contributed by atoms with Crippen LogP contribution in [0.5, 0.6) is 5.75 Å². The Labute approximate surface area is 120 Å². The fraction of sp³-hybridized carbons (Fsp3) is 0.0769. The Morgan fingerprint density at radius 1 is 1.15 bits per heavy atom. The van der Waals surface area contributed by atoms with Crippen LogP contribution in [-0.4, -0.2) is 8.42 Å². The molecule has 0 unspecified atom stereocenters. The molecule has 0 amide bonds. The maximum absolute atomic E-state index is 13.0. The summed E-state index contributed by atoms with van der Waals surface area (Å²) >= 11 is 5.80. The Morgan fingerprint density at radius 2 is 1.90 bits per heavy atom. The first-order valence-corrected chi connectivity index (χ1v) is 7.24. The highest BCUT2D eigenvalue weighted by atomic mass is 35.5. The van der Waals surface area contributed by atoms with Crippen molar-refractivity contribution in [2.75, 3.05) is 0 Å². The van der Waals surface area contributed by atoms with Gasteiger partial charge in [0, 0.05) is 0 Å². The van der Waals surface area contributed by atoms with Crippen molar-refractivity contribution in [3.8, 4) is 5.75 Å². The number of hydrogen-bond acceptors (Lipinski definition) is 3. The summed E-state index contributed by atoms with van der Waals surface area (Å²) in [6.45, 7) is 0.0548. The van der Waals surface area contributed by atoms with E-state index in [4.69, 9.17) is 16.3 Å². The van der Waals surface area contributed by atoms with Crippen LogP contribution in [0.25, 0.3) is 0 Å². The molecule has 0 aliphatic rings. The van der Waals surface area contributed by atoms with Crippen molar-refractivity contribution < 1.29 is 21.4 Å². The zero-order valence-corrected chi connectivity index (χ0v) is 11.6. The second kappa shape index (κ2) is 5.76. The first-order valence-electron chi connectivity index (χ1n) is 5.48. The minimum atomic E-state index is -4.80. The normalized spacial score (nSPS) is 11.3. The Morgan fingerprint density at radius 3 is 2.50 bits per heavy atom. The van der Waals surface area contributed by atoms with Gasteiger partial charge >= 0.3 is 10.2 Å². The summed E-state index contributed by atoms with van der Waals surface area (Å²) in [5.74, 6) is -0.209. The first-order chi connectivity index (χ1) is 9.36. The highest BCUT2D eigenvalue weighted by Gasteiger charge is 2.14. The average Bonchev–Trinajstić information content (AvgIpc) is 2.36. The van der Waals surface area contributed by atoms with Crippen LogP contribution >= 0.6 is 11.6 Å². The van der Waals surface area contributed by atoms with Gasteiger partial charge in [-0.25, -0.2) is 4.39 Å². The molecule has 2 aromatic carbocycles. The molecule has 0 aromatic heterocycles. The molecule has 0 N–H and O–H groups in total. The molecule has 0 radical (unpaired) electrons. The van der Waals surface area contributed by atoms with Crippen molar-refractivity contribution in [1.82, 2.24) is 0 Å². The lowest BCUT2D eigenvalue weighted by Gasteiger charge is -2.08. The highest BCUT2D eigenvalue weighted by Crippen LogP contribution is 2.28. The summed E-state index contributed by atoms with van der Waals surface area (Å²) < 4.78 is 52.5. The zero-order valence-electron chi connectivity index (χ0n) is 10.0. The third kappa shape index (κ3) is 3.68. The molecule has 0 saturated heterocycles. The summed E-state index contributed by atoms with van der Waals surface area (Å²) in [4.78, 5) is -0.541. The Bertz CT molecular complexity index is 732.